The molecule has 19 heteroatoms. The van der Waals surface area contributed by atoms with Gasteiger partial charge in [0.2, 0.25) is 5.88 Å². The molecule has 4 aromatic heterocycles. The Bertz CT molecular complexity index is 2580. The third-order valence-electron chi connectivity index (χ3n) is 10.7. The zero-order chi connectivity index (χ0) is 48.7. The molecule has 0 spiro atoms. The molecule has 0 bridgehead atoms. The summed E-state index contributed by atoms with van der Waals surface area (Å²) in [6.07, 6.45) is 6.99. The zero-order valence-electron chi connectivity index (χ0n) is 38.7. The summed E-state index contributed by atoms with van der Waals surface area (Å²) < 4.78 is 28.1. The molecular formula is C49H55N9O10. The molecule has 0 fully saturated rings. The number of ether oxygens (including phenoxy) is 5. The number of hydrogen-bond donors (Lipinski definition) is 3. The number of benzene rings is 1. The van der Waals surface area contributed by atoms with Gasteiger partial charge in [-0.25, -0.2) is 29.7 Å². The average molecular weight is 930 g/mol. The highest BCUT2D eigenvalue weighted by Gasteiger charge is 2.45. The van der Waals surface area contributed by atoms with Gasteiger partial charge >= 0.3 is 12.0 Å². The molecule has 0 radical (unpaired) electrons. The number of fused-ring (bicyclic) bond motifs is 1. The molecule has 1 atom stereocenters. The van der Waals surface area contributed by atoms with Gasteiger partial charge in [-0.2, -0.15) is 5.26 Å². The Morgan fingerprint density at radius 3 is 2.24 bits per heavy atom. The van der Waals surface area contributed by atoms with Crippen LogP contribution in [0.2, 0.25) is 0 Å². The predicted octanol–water partition coefficient (Wildman–Crippen LogP) is 5.84. The van der Waals surface area contributed by atoms with Crippen LogP contribution >= 0.6 is 0 Å². The van der Waals surface area contributed by atoms with Crippen LogP contribution in [-0.4, -0.2) is 118 Å². The highest BCUT2D eigenvalue weighted by Crippen LogP contribution is 2.40. The van der Waals surface area contributed by atoms with Gasteiger partial charge in [0.1, 0.15) is 36.0 Å². The second-order valence-corrected chi connectivity index (χ2v) is 17.3. The molecule has 356 valence electrons. The van der Waals surface area contributed by atoms with Gasteiger partial charge in [0, 0.05) is 60.6 Å². The van der Waals surface area contributed by atoms with Gasteiger partial charge in [0.05, 0.1) is 62.0 Å². The van der Waals surface area contributed by atoms with Gasteiger partial charge in [0.25, 0.3) is 11.8 Å². The van der Waals surface area contributed by atoms with Gasteiger partial charge < -0.3 is 44.3 Å². The highest BCUT2D eigenvalue weighted by atomic mass is 16.6. The van der Waals surface area contributed by atoms with Crippen LogP contribution in [0.15, 0.2) is 85.5 Å². The van der Waals surface area contributed by atoms with E-state index in [1.54, 1.807) is 61.1 Å². The van der Waals surface area contributed by atoms with E-state index in [0.29, 0.717) is 84.5 Å². The van der Waals surface area contributed by atoms with Crippen LogP contribution in [0.1, 0.15) is 89.8 Å². The first-order chi connectivity index (χ1) is 32.6. The maximum atomic E-state index is 13.3. The number of hydrogen-bond acceptors (Lipinski definition) is 16. The number of nitriles is 1. The minimum Gasteiger partial charge on any atom is -0.480 e. The van der Waals surface area contributed by atoms with Crippen molar-refractivity contribution in [2.75, 3.05) is 57.7 Å². The SMILES string of the molecule is CC(C)(C)CC[C@H](NC(=O)c1ccc(Oc2cccc(C(=O)NCCOCCOCCOCCOc3ncc(-c4ccc5c(n4)N(Cc4cccnc4C#N)C(C)(C)C5=O)cn3)c2)nc1)C(=O)O. The number of carbonyl (C=O) groups excluding carboxylic acids is 3. The first kappa shape index (κ1) is 50.0. The van der Waals surface area contributed by atoms with Crippen LogP contribution in [0.25, 0.3) is 11.3 Å². The average Bonchev–Trinajstić information content (AvgIpc) is 3.51. The van der Waals surface area contributed by atoms with E-state index in [9.17, 15) is 29.5 Å². The van der Waals surface area contributed by atoms with E-state index >= 15 is 0 Å². The Kier molecular flexibility index (Phi) is 17.2. The molecule has 0 unspecified atom stereocenters. The van der Waals surface area contributed by atoms with Crippen molar-refractivity contribution < 1.29 is 48.0 Å². The second-order valence-electron chi connectivity index (χ2n) is 17.3. The molecule has 1 aliphatic heterocycles. The third kappa shape index (κ3) is 13.8. The maximum absolute atomic E-state index is 13.3. The number of aromatic nitrogens is 5. The van der Waals surface area contributed by atoms with Crippen molar-refractivity contribution in [2.24, 2.45) is 5.41 Å². The molecule has 68 heavy (non-hydrogen) atoms. The number of carboxylic acid groups (broad SMARTS) is 1. The van der Waals surface area contributed by atoms with E-state index in [2.05, 4.69) is 36.6 Å². The molecule has 19 nitrogen and oxygen atoms in total. The van der Waals surface area contributed by atoms with Crippen LogP contribution in [0.5, 0.6) is 17.6 Å². The zero-order valence-corrected chi connectivity index (χ0v) is 38.7. The number of pyridine rings is 3. The Balaban J connectivity index is 0.817. The van der Waals surface area contributed by atoms with Crippen molar-refractivity contribution in [1.29, 1.82) is 5.26 Å². The molecule has 5 heterocycles. The molecule has 0 aliphatic carbocycles. The minimum atomic E-state index is -1.10. The normalized spacial score (nSPS) is 13.3. The van der Waals surface area contributed by atoms with E-state index in [4.69, 9.17) is 28.7 Å². The van der Waals surface area contributed by atoms with Gasteiger partial charge in [-0.1, -0.05) is 32.9 Å². The smallest absolute Gasteiger partial charge is 0.326 e. The fraction of sp³-hybridized carbons (Fsp3) is 0.388. The summed E-state index contributed by atoms with van der Waals surface area (Å²) in [4.78, 5) is 74.1. The highest BCUT2D eigenvalue weighted by molar-refractivity contribution is 6.13. The molecule has 1 aliphatic rings. The van der Waals surface area contributed by atoms with E-state index < -0.39 is 23.5 Å². The number of Topliss-reactive ketones (excluding diaryl/α,β-unsaturated/α-hetero) is 1. The van der Waals surface area contributed by atoms with Gasteiger partial charge in [-0.05, 0) is 74.6 Å². The molecule has 6 rings (SSSR count). The molecule has 0 saturated carbocycles. The molecule has 0 saturated heterocycles. The van der Waals surface area contributed by atoms with E-state index in [1.165, 1.54) is 18.3 Å². The first-order valence-corrected chi connectivity index (χ1v) is 22.0. The second kappa shape index (κ2) is 23.4. The summed E-state index contributed by atoms with van der Waals surface area (Å²) in [5.41, 5.74) is 2.32. The number of carbonyl (C=O) groups is 4. The fourth-order valence-corrected chi connectivity index (χ4v) is 6.89. The Hall–Kier alpha value is -7.40. The number of nitrogens with one attached hydrogen (secondary N) is 2. The fourth-order valence-electron chi connectivity index (χ4n) is 6.89. The number of aliphatic carboxylic acids is 1. The number of amides is 2. The number of anilines is 1. The van der Waals surface area contributed by atoms with Gasteiger partial charge in [-0.3, -0.25) is 14.4 Å². The van der Waals surface area contributed by atoms with Crippen LogP contribution < -0.4 is 25.0 Å². The number of rotatable bonds is 24. The lowest BCUT2D eigenvalue weighted by molar-refractivity contribution is -0.139. The number of ketones is 1. The maximum Gasteiger partial charge on any atom is 0.326 e. The Labute approximate surface area is 394 Å². The van der Waals surface area contributed by atoms with Crippen LogP contribution in [0.4, 0.5) is 5.82 Å². The summed E-state index contributed by atoms with van der Waals surface area (Å²) in [5.74, 6) is -0.968. The van der Waals surface area contributed by atoms with Crippen LogP contribution in [0, 0.1) is 16.7 Å². The molecule has 1 aromatic carbocycles. The van der Waals surface area contributed by atoms with Crippen molar-refractivity contribution in [3.8, 4) is 35.0 Å². The summed E-state index contributed by atoms with van der Waals surface area (Å²) >= 11 is 0. The summed E-state index contributed by atoms with van der Waals surface area (Å²) in [6.45, 7) is 12.4. The van der Waals surface area contributed by atoms with Gasteiger partial charge in [0.15, 0.2) is 5.78 Å². The van der Waals surface area contributed by atoms with Crippen LogP contribution in [0.3, 0.4) is 0 Å². The molecule has 5 aromatic rings. The largest absolute Gasteiger partial charge is 0.480 e. The van der Waals surface area contributed by atoms with Crippen molar-refractivity contribution >= 4 is 29.4 Å². The minimum absolute atomic E-state index is 0.0595. The van der Waals surface area contributed by atoms with Gasteiger partial charge in [-0.15, -0.1) is 0 Å². The summed E-state index contributed by atoms with van der Waals surface area (Å²) in [6, 6.07) is 17.9. The molecular weight excluding hydrogens is 875 g/mol. The lowest BCUT2D eigenvalue weighted by atomic mass is 9.88. The van der Waals surface area contributed by atoms with E-state index in [1.807, 2.05) is 45.6 Å². The first-order valence-electron chi connectivity index (χ1n) is 22.0. The quantitative estimate of drug-likeness (QED) is 0.0615. The number of nitrogens with zero attached hydrogens (tertiary/aromatic N) is 7. The molecule has 3 N–H and O–H groups in total. The molecule has 2 amide bonds. The Morgan fingerprint density at radius 2 is 1.56 bits per heavy atom. The third-order valence-corrected chi connectivity index (χ3v) is 10.7. The number of carboxylic acids is 1. The summed E-state index contributed by atoms with van der Waals surface area (Å²) in [5, 5.41) is 24.5. The van der Waals surface area contributed by atoms with Crippen molar-refractivity contribution in [3.05, 3.63) is 113 Å². The predicted molar refractivity (Wildman–Crippen MR) is 247 cm³/mol. The van der Waals surface area contributed by atoms with Crippen LogP contribution in [-0.2, 0) is 25.5 Å². The lowest BCUT2D eigenvalue weighted by Crippen LogP contribution is -2.44. The standard InChI is InChI=1S/C49H55N9O10/c1-48(2,3)16-15-39(46(62)63)57-45(61)33-11-14-41(53-28-33)68-36-10-6-8-32(26-36)44(60)52-18-19-64-20-21-65-22-23-66-24-25-67-47-54-29-35(30-55-47)38-13-12-37-42(59)49(4,5)58(43(37)56-38)31-34-9-7-17-51-40(34)27-50/h6-14,17,26,28-30,39H,15-16,18-25,31H2,1-5H3,(H,52,60)(H,57,61)(H,62,63)/t39-/m0/s1. The lowest BCUT2D eigenvalue weighted by Gasteiger charge is -2.32. The van der Waals surface area contributed by atoms with Crippen molar-refractivity contribution in [3.63, 3.8) is 0 Å². The Morgan fingerprint density at radius 1 is 0.838 bits per heavy atom. The van der Waals surface area contributed by atoms with E-state index in [0.717, 1.165) is 0 Å². The van der Waals surface area contributed by atoms with E-state index in [-0.39, 0.29) is 67.5 Å². The van der Waals surface area contributed by atoms with Crippen molar-refractivity contribution in [1.82, 2.24) is 35.6 Å². The van der Waals surface area contributed by atoms with Crippen molar-refractivity contribution in [2.45, 2.75) is 65.6 Å². The monoisotopic (exact) mass is 929 g/mol. The topological polar surface area (TPSA) is 250 Å². The summed E-state index contributed by atoms with van der Waals surface area (Å²) in [7, 11) is 0.